The summed E-state index contributed by atoms with van der Waals surface area (Å²) in [7, 11) is 0. The molecule has 1 aliphatic heterocycles. The van der Waals surface area contributed by atoms with Crippen molar-refractivity contribution in [2.45, 2.75) is 32.2 Å². The molecule has 2 amide bonds. The molecule has 0 radical (unpaired) electrons. The molecule has 2 aromatic carbocycles. The summed E-state index contributed by atoms with van der Waals surface area (Å²) in [6, 6.07) is 11.9. The highest BCUT2D eigenvalue weighted by Crippen LogP contribution is 2.23. The average Bonchev–Trinajstić information content (AvgIpc) is 2.83. The number of benzene rings is 2. The summed E-state index contributed by atoms with van der Waals surface area (Å²) in [5, 5.41) is 13.6. The first-order valence-electron chi connectivity index (χ1n) is 11.0. The maximum absolute atomic E-state index is 13.5. The van der Waals surface area contributed by atoms with Gasteiger partial charge in [-0.1, -0.05) is 41.9 Å². The average molecular weight is 488 g/mol. The summed E-state index contributed by atoms with van der Waals surface area (Å²) in [5.41, 5.74) is 0.632. The van der Waals surface area contributed by atoms with Crippen LogP contribution in [0.15, 0.2) is 48.5 Å². The number of non-ortho nitro benzene ring substituents is 1. The largest absolute Gasteiger partial charge is 0.466 e. The first-order valence-corrected chi connectivity index (χ1v) is 11.4. The number of ether oxygens (including phenoxy) is 1. The van der Waals surface area contributed by atoms with Crippen molar-refractivity contribution in [3.63, 3.8) is 0 Å². The third-order valence-electron chi connectivity index (χ3n) is 5.65. The Morgan fingerprint density at radius 2 is 1.97 bits per heavy atom. The monoisotopic (exact) mass is 487 g/mol. The van der Waals surface area contributed by atoms with Gasteiger partial charge in [0.2, 0.25) is 5.91 Å². The van der Waals surface area contributed by atoms with Gasteiger partial charge in [-0.05, 0) is 31.4 Å². The molecule has 2 atom stereocenters. The van der Waals surface area contributed by atoms with E-state index in [9.17, 15) is 24.5 Å². The molecule has 0 spiro atoms. The van der Waals surface area contributed by atoms with E-state index in [1.807, 2.05) is 30.3 Å². The van der Waals surface area contributed by atoms with E-state index >= 15 is 0 Å². The number of rotatable bonds is 8. The van der Waals surface area contributed by atoms with Crippen LogP contribution in [-0.4, -0.2) is 53.3 Å². The van der Waals surface area contributed by atoms with E-state index in [2.05, 4.69) is 5.32 Å². The summed E-state index contributed by atoms with van der Waals surface area (Å²) < 4.78 is 5.12. The van der Waals surface area contributed by atoms with Gasteiger partial charge < -0.3 is 15.0 Å². The Balaban J connectivity index is 1.81. The summed E-state index contributed by atoms with van der Waals surface area (Å²) in [4.78, 5) is 50.6. The highest BCUT2D eigenvalue weighted by molar-refractivity contribution is 6.34. The van der Waals surface area contributed by atoms with E-state index in [1.165, 1.54) is 12.1 Å². The summed E-state index contributed by atoms with van der Waals surface area (Å²) >= 11 is 6.11. The van der Waals surface area contributed by atoms with Crippen LogP contribution in [0.25, 0.3) is 0 Å². The highest BCUT2D eigenvalue weighted by atomic mass is 35.5. The van der Waals surface area contributed by atoms with Crippen LogP contribution in [0.2, 0.25) is 5.02 Å². The lowest BCUT2D eigenvalue weighted by atomic mass is 9.96. The van der Waals surface area contributed by atoms with Crippen molar-refractivity contribution in [1.82, 2.24) is 10.2 Å². The summed E-state index contributed by atoms with van der Waals surface area (Å²) in [6.45, 7) is 2.69. The van der Waals surface area contributed by atoms with Crippen molar-refractivity contribution in [3.8, 4) is 0 Å². The minimum atomic E-state index is -0.915. The zero-order valence-electron chi connectivity index (χ0n) is 18.7. The molecule has 1 N–H and O–H groups in total. The molecule has 1 fully saturated rings. The van der Waals surface area contributed by atoms with Gasteiger partial charge in [0.15, 0.2) is 0 Å². The van der Waals surface area contributed by atoms with Crippen LogP contribution in [0.1, 0.15) is 35.7 Å². The van der Waals surface area contributed by atoms with Gasteiger partial charge in [-0.25, -0.2) is 0 Å². The number of hydrogen-bond donors (Lipinski definition) is 1. The second kappa shape index (κ2) is 11.6. The van der Waals surface area contributed by atoms with Crippen molar-refractivity contribution < 1.29 is 24.0 Å². The van der Waals surface area contributed by atoms with Crippen LogP contribution in [0.5, 0.6) is 0 Å². The number of nitro benzene ring substituents is 1. The molecule has 9 nitrogen and oxygen atoms in total. The van der Waals surface area contributed by atoms with Gasteiger partial charge in [0.1, 0.15) is 6.04 Å². The Labute approximate surface area is 202 Å². The maximum atomic E-state index is 13.5. The lowest BCUT2D eigenvalue weighted by Gasteiger charge is -2.34. The fourth-order valence-corrected chi connectivity index (χ4v) is 4.20. The highest BCUT2D eigenvalue weighted by Gasteiger charge is 2.33. The number of nitrogens with one attached hydrogen (secondary N) is 1. The number of carbonyl (C=O) groups excluding carboxylic acids is 3. The van der Waals surface area contributed by atoms with Gasteiger partial charge in [0.05, 0.1) is 28.0 Å². The molecular weight excluding hydrogens is 462 g/mol. The topological polar surface area (TPSA) is 119 Å². The summed E-state index contributed by atoms with van der Waals surface area (Å²) in [6.07, 6.45) is 1.52. The van der Waals surface area contributed by atoms with E-state index in [1.54, 1.807) is 11.8 Å². The van der Waals surface area contributed by atoms with E-state index in [0.717, 1.165) is 11.6 Å². The Kier molecular flexibility index (Phi) is 8.59. The summed E-state index contributed by atoms with van der Waals surface area (Å²) in [5.74, 6) is -1.67. The van der Waals surface area contributed by atoms with Gasteiger partial charge in [0, 0.05) is 31.6 Å². The van der Waals surface area contributed by atoms with Gasteiger partial charge >= 0.3 is 5.97 Å². The second-order valence-corrected chi connectivity index (χ2v) is 8.42. The lowest BCUT2D eigenvalue weighted by Crippen LogP contribution is -2.53. The predicted octanol–water partition coefficient (Wildman–Crippen LogP) is 3.39. The van der Waals surface area contributed by atoms with Crippen molar-refractivity contribution in [2.24, 2.45) is 5.92 Å². The molecule has 0 aliphatic carbocycles. The SMILES string of the molecule is CCOC(=O)C1CCCN(C(=O)C(Cc2ccccc2)NC(=O)c2ccc([N+](=O)[O-])cc2Cl)C1. The smallest absolute Gasteiger partial charge is 0.310 e. The number of esters is 1. The number of nitrogens with zero attached hydrogens (tertiary/aromatic N) is 2. The predicted molar refractivity (Wildman–Crippen MR) is 125 cm³/mol. The Hall–Kier alpha value is -3.46. The molecule has 2 unspecified atom stereocenters. The minimum Gasteiger partial charge on any atom is -0.466 e. The van der Waals surface area contributed by atoms with Crippen LogP contribution in [-0.2, 0) is 20.7 Å². The van der Waals surface area contributed by atoms with Crippen molar-refractivity contribution in [3.05, 3.63) is 74.8 Å². The van der Waals surface area contributed by atoms with Crippen molar-refractivity contribution in [1.29, 1.82) is 0 Å². The molecule has 10 heteroatoms. The fraction of sp³-hybridized carbons (Fsp3) is 0.375. The van der Waals surface area contributed by atoms with E-state index in [-0.39, 0.29) is 47.7 Å². The molecule has 34 heavy (non-hydrogen) atoms. The number of nitro groups is 1. The van der Waals surface area contributed by atoms with Crippen LogP contribution in [0, 0.1) is 16.0 Å². The molecule has 1 heterocycles. The van der Waals surface area contributed by atoms with E-state index in [0.29, 0.717) is 19.4 Å². The first-order chi connectivity index (χ1) is 16.3. The molecule has 0 saturated carbocycles. The molecule has 0 bridgehead atoms. The van der Waals surface area contributed by atoms with Crippen molar-refractivity contribution >= 4 is 35.1 Å². The molecule has 0 aromatic heterocycles. The molecule has 1 saturated heterocycles. The third-order valence-corrected chi connectivity index (χ3v) is 5.96. The van der Waals surface area contributed by atoms with Crippen molar-refractivity contribution in [2.75, 3.05) is 19.7 Å². The third kappa shape index (κ3) is 6.32. The van der Waals surface area contributed by atoms with Gasteiger partial charge in [-0.15, -0.1) is 0 Å². The normalized spacial score (nSPS) is 16.4. The number of likely N-dealkylation sites (tertiary alicyclic amines) is 1. The minimum absolute atomic E-state index is 0.0289. The fourth-order valence-electron chi connectivity index (χ4n) is 3.94. The Bertz CT molecular complexity index is 1060. The van der Waals surface area contributed by atoms with Gasteiger partial charge in [-0.3, -0.25) is 24.5 Å². The molecule has 2 aromatic rings. The molecule has 3 rings (SSSR count). The Morgan fingerprint density at radius 3 is 2.62 bits per heavy atom. The number of amides is 2. The van der Waals surface area contributed by atoms with Crippen LogP contribution < -0.4 is 5.32 Å². The molecular formula is C24H26ClN3O6. The van der Waals surface area contributed by atoms with Crippen LogP contribution >= 0.6 is 11.6 Å². The first kappa shape index (κ1) is 25.2. The zero-order valence-corrected chi connectivity index (χ0v) is 19.5. The number of halogens is 1. The van der Waals surface area contributed by atoms with E-state index < -0.39 is 22.8 Å². The van der Waals surface area contributed by atoms with Crippen LogP contribution in [0.4, 0.5) is 5.69 Å². The molecule has 1 aliphatic rings. The Morgan fingerprint density at radius 1 is 1.24 bits per heavy atom. The number of piperidine rings is 1. The zero-order chi connectivity index (χ0) is 24.7. The van der Waals surface area contributed by atoms with Gasteiger partial charge in [-0.2, -0.15) is 0 Å². The number of hydrogen-bond acceptors (Lipinski definition) is 6. The quantitative estimate of drug-likeness (QED) is 0.346. The lowest BCUT2D eigenvalue weighted by molar-refractivity contribution is -0.384. The van der Waals surface area contributed by atoms with Gasteiger partial charge in [0.25, 0.3) is 11.6 Å². The second-order valence-electron chi connectivity index (χ2n) is 8.01. The standard InChI is InChI=1S/C24H26ClN3O6/c1-2-34-24(31)17-9-6-12-27(15-17)23(30)21(13-16-7-4-3-5-8-16)26-22(29)19-11-10-18(28(32)33)14-20(19)25/h3-5,7-8,10-11,14,17,21H,2,6,9,12-13,15H2,1H3,(H,26,29). The van der Waals surface area contributed by atoms with Crippen LogP contribution in [0.3, 0.4) is 0 Å². The molecule has 180 valence electrons. The maximum Gasteiger partial charge on any atom is 0.310 e. The van der Waals surface area contributed by atoms with E-state index in [4.69, 9.17) is 16.3 Å². The number of carbonyl (C=O) groups is 3.